The number of guanidine groups is 1. The fraction of sp³-hybridized carbons (Fsp3) is 0.622. The minimum Gasteiger partial charge on any atom is -0.481 e. The standard InChI is InChI=1S/C18H30ClN9O3.C12H25N3O2.C7H9ClN6OS.3ClH.HI/c19-14-16(21)25-15(20)13(24-14)17(31)26-18(22)23-5-1-2-6-27-8-10-28(11-9-27)7-3-4-12(29)30;13-5-1-2-6-14-8-10-15(11-9-14)7-3-4-12(16)17;1-16-7(11)14-6(15)2-4(9)13-5(10)3(8)12-2;;;;/h1-11H2,(H,29,30)(H4,20,21,25)(H3,22,23,26,31);1-11,13H2,(H,16,17);1H3,(H4,9,10,13)(H2,11,14,15);4*1H. The van der Waals surface area contributed by atoms with E-state index in [-0.39, 0.29) is 130 Å². The highest BCUT2D eigenvalue weighted by molar-refractivity contribution is 14.0. The number of unbranched alkanes of at least 4 members (excludes halogenated alkanes) is 2. The van der Waals surface area contributed by atoms with Gasteiger partial charge in [-0.15, -0.1) is 61.2 Å². The molecule has 17 N–H and O–H groups in total. The van der Waals surface area contributed by atoms with E-state index in [0.29, 0.717) is 13.0 Å². The highest BCUT2D eigenvalue weighted by Gasteiger charge is 2.20. The van der Waals surface area contributed by atoms with Crippen LogP contribution in [-0.4, -0.2) is 183 Å². The highest BCUT2D eigenvalue weighted by Crippen LogP contribution is 2.18. The molecule has 0 bridgehead atoms. The van der Waals surface area contributed by atoms with E-state index in [0.717, 1.165) is 123 Å². The van der Waals surface area contributed by atoms with Crippen LogP contribution < -0.4 is 45.0 Å². The van der Waals surface area contributed by atoms with Gasteiger partial charge in [0.15, 0.2) is 56.1 Å². The SMILES string of the molecule is CSC(=N)NC(=O)c1nc(Cl)c(N)nc1N.Cl.Cl.Cl.I.NC(=NCCCCN1CCN(CCCC(=O)O)CC1)NC(=O)c1nc(Cl)c(N)nc1N.NCCCCN1CCN(CCCC(=O)O)CC1. The highest BCUT2D eigenvalue weighted by atomic mass is 127. The maximum Gasteiger partial charge on any atom is 0.303 e. The van der Waals surface area contributed by atoms with Gasteiger partial charge in [0.05, 0.1) is 0 Å². The van der Waals surface area contributed by atoms with Crippen molar-refractivity contribution < 1.29 is 29.4 Å². The lowest BCUT2D eigenvalue weighted by Gasteiger charge is -2.34. The number of halogens is 6. The summed E-state index contributed by atoms with van der Waals surface area (Å²) < 4.78 is 0. The van der Waals surface area contributed by atoms with Crippen molar-refractivity contribution in [3.8, 4) is 0 Å². The molecule has 0 spiro atoms. The zero-order valence-electron chi connectivity index (χ0n) is 37.9. The zero-order chi connectivity index (χ0) is 47.6. The van der Waals surface area contributed by atoms with Crippen molar-refractivity contribution in [2.24, 2.45) is 16.5 Å². The van der Waals surface area contributed by atoms with Crippen molar-refractivity contribution in [3.63, 3.8) is 0 Å². The van der Waals surface area contributed by atoms with E-state index in [4.69, 9.17) is 73.2 Å². The van der Waals surface area contributed by atoms with Crippen molar-refractivity contribution in [1.82, 2.24) is 50.2 Å². The molecule has 2 aliphatic rings. The zero-order valence-corrected chi connectivity index (χ0v) is 45.0. The number of carboxylic acids is 2. The van der Waals surface area contributed by atoms with Crippen molar-refractivity contribution in [1.29, 1.82) is 5.41 Å². The van der Waals surface area contributed by atoms with Gasteiger partial charge >= 0.3 is 11.9 Å². The summed E-state index contributed by atoms with van der Waals surface area (Å²) in [6.07, 6.45) is 7.69. The third-order valence-electron chi connectivity index (χ3n) is 9.67. The van der Waals surface area contributed by atoms with Crippen molar-refractivity contribution >= 4 is 154 Å². The Balaban J connectivity index is -0.000000979. The third-order valence-corrected chi connectivity index (χ3v) is 10.7. The molecule has 4 rings (SSSR count). The molecular formula is C37H68Cl5IN18O6S. The first-order chi connectivity index (χ1) is 30.4. The summed E-state index contributed by atoms with van der Waals surface area (Å²) in [5.41, 5.74) is 32.8. The van der Waals surface area contributed by atoms with Gasteiger partial charge in [-0.1, -0.05) is 35.0 Å². The number of anilines is 4. The summed E-state index contributed by atoms with van der Waals surface area (Å²) in [4.78, 5) is 73.3. The number of carbonyl (C=O) groups is 4. The van der Waals surface area contributed by atoms with E-state index in [9.17, 15) is 19.2 Å². The molecule has 31 heteroatoms. The summed E-state index contributed by atoms with van der Waals surface area (Å²) >= 11 is 12.4. The first kappa shape index (κ1) is 69.0. The predicted molar refractivity (Wildman–Crippen MR) is 289 cm³/mol. The number of aromatic nitrogens is 4. The number of piperazine rings is 2. The van der Waals surface area contributed by atoms with Gasteiger partial charge in [0.25, 0.3) is 11.8 Å². The van der Waals surface area contributed by atoms with Gasteiger partial charge in [0, 0.05) is 71.7 Å². The normalized spacial score (nSPS) is 14.1. The quantitative estimate of drug-likeness (QED) is 0.0415. The van der Waals surface area contributed by atoms with E-state index in [1.54, 1.807) is 6.26 Å². The van der Waals surface area contributed by atoms with Gasteiger partial charge in [-0.05, 0) is 77.5 Å². The Morgan fingerprint density at radius 1 is 0.632 bits per heavy atom. The topological polar surface area (TPSA) is 390 Å². The number of hydrogen-bond donors (Lipinski definition) is 11. The fourth-order valence-corrected chi connectivity index (χ4v) is 6.60. The number of aliphatic carboxylic acids is 2. The van der Waals surface area contributed by atoms with Crippen LogP contribution in [0.1, 0.15) is 72.3 Å². The molecule has 68 heavy (non-hydrogen) atoms. The number of nitrogens with two attached hydrogens (primary N) is 6. The Morgan fingerprint density at radius 2 is 0.985 bits per heavy atom. The Labute approximate surface area is 446 Å². The van der Waals surface area contributed by atoms with Crippen LogP contribution >= 0.6 is 96.2 Å². The number of carbonyl (C=O) groups excluding carboxylic acids is 2. The van der Waals surface area contributed by atoms with Gasteiger partial charge in [-0.25, -0.2) is 19.9 Å². The summed E-state index contributed by atoms with van der Waals surface area (Å²) in [7, 11) is 0. The molecule has 2 fully saturated rings. The molecular weight excluding hydrogens is 1130 g/mol. The smallest absolute Gasteiger partial charge is 0.303 e. The lowest BCUT2D eigenvalue weighted by Crippen LogP contribution is -2.46. The Morgan fingerprint density at radius 3 is 1.34 bits per heavy atom. The average molecular weight is 1200 g/mol. The van der Waals surface area contributed by atoms with Crippen molar-refractivity contribution in [2.75, 3.05) is 121 Å². The molecule has 0 aromatic carbocycles. The first-order valence-corrected chi connectivity index (χ1v) is 22.7. The van der Waals surface area contributed by atoms with E-state index in [1.165, 1.54) is 6.42 Å². The fourth-order valence-electron chi connectivity index (χ4n) is 6.15. The minimum absolute atomic E-state index is 0. The van der Waals surface area contributed by atoms with Crippen molar-refractivity contribution in [3.05, 3.63) is 21.7 Å². The second-order valence-electron chi connectivity index (χ2n) is 14.5. The second kappa shape index (κ2) is 38.5. The molecule has 24 nitrogen and oxygen atoms in total. The molecule has 2 saturated heterocycles. The van der Waals surface area contributed by atoms with Gasteiger partial charge in [-0.2, -0.15) is 0 Å². The van der Waals surface area contributed by atoms with E-state index in [2.05, 4.69) is 55.2 Å². The van der Waals surface area contributed by atoms with Crippen LogP contribution in [0.5, 0.6) is 0 Å². The molecule has 2 aromatic rings. The number of hydrogen-bond acceptors (Lipinski definition) is 20. The van der Waals surface area contributed by atoms with Crippen LogP contribution in [-0.2, 0) is 9.59 Å². The number of amides is 2. The van der Waals surface area contributed by atoms with Crippen LogP contribution in [0.2, 0.25) is 10.3 Å². The van der Waals surface area contributed by atoms with Crippen LogP contribution in [0.15, 0.2) is 4.99 Å². The molecule has 2 amide bonds. The second-order valence-corrected chi connectivity index (χ2v) is 16.1. The molecule has 4 heterocycles. The number of aliphatic imine (C=N–C) groups is 1. The van der Waals surface area contributed by atoms with Gasteiger partial charge < -0.3 is 69.5 Å². The van der Waals surface area contributed by atoms with E-state index < -0.39 is 23.8 Å². The maximum absolute atomic E-state index is 12.2. The Bertz CT molecular complexity index is 1870. The van der Waals surface area contributed by atoms with Crippen LogP contribution in [0.3, 0.4) is 0 Å². The molecule has 2 aromatic heterocycles. The summed E-state index contributed by atoms with van der Waals surface area (Å²) in [6.45, 7) is 13.3. The number of nitrogen functional groups attached to an aromatic ring is 4. The van der Waals surface area contributed by atoms with E-state index >= 15 is 0 Å². The molecule has 2 aliphatic heterocycles. The van der Waals surface area contributed by atoms with Crippen molar-refractivity contribution in [2.45, 2.75) is 51.4 Å². The number of rotatable bonds is 19. The van der Waals surface area contributed by atoms with Crippen LogP contribution in [0.4, 0.5) is 23.3 Å². The predicted octanol–water partition coefficient (Wildman–Crippen LogP) is 2.01. The number of nitrogens with one attached hydrogen (secondary N) is 3. The third kappa shape index (κ3) is 28.4. The maximum atomic E-state index is 12.2. The monoisotopic (exact) mass is 1190 g/mol. The number of carboxylic acid groups (broad SMARTS) is 2. The number of amidine groups is 1. The summed E-state index contributed by atoms with van der Waals surface area (Å²) in [6, 6.07) is 0. The number of nitrogens with zero attached hydrogens (tertiary/aromatic N) is 9. The van der Waals surface area contributed by atoms with Crippen LogP contribution in [0, 0.1) is 5.41 Å². The molecule has 0 aliphatic carbocycles. The molecule has 0 saturated carbocycles. The van der Waals surface area contributed by atoms with Gasteiger partial charge in [0.2, 0.25) is 0 Å². The van der Waals surface area contributed by atoms with E-state index in [1.807, 2.05) is 0 Å². The average Bonchev–Trinajstić information content (AvgIpc) is 3.24. The minimum atomic E-state index is -0.742. The Hall–Kier alpha value is -3.29. The lowest BCUT2D eigenvalue weighted by molar-refractivity contribution is -0.138. The number of thioether (sulfide) groups is 1. The molecule has 0 unspecified atom stereocenters. The lowest BCUT2D eigenvalue weighted by atomic mass is 10.2. The molecule has 390 valence electrons. The summed E-state index contributed by atoms with van der Waals surface area (Å²) in [5.74, 6) is -3.15. The largest absolute Gasteiger partial charge is 0.481 e. The van der Waals surface area contributed by atoms with Gasteiger partial charge in [0.1, 0.15) is 0 Å². The summed E-state index contributed by atoms with van der Waals surface area (Å²) in [5, 5.41) is 29.0. The van der Waals surface area contributed by atoms with Gasteiger partial charge in [-0.3, -0.25) is 34.9 Å². The van der Waals surface area contributed by atoms with Crippen LogP contribution in [0.25, 0.3) is 0 Å². The first-order valence-electron chi connectivity index (χ1n) is 20.7. The molecule has 0 radical (unpaired) electrons. The molecule has 0 atom stereocenters. The Kier molecular flexibility index (Phi) is 39.0.